The smallest absolute Gasteiger partial charge is 0.126 e. The number of aliphatic hydroxyl groups excluding tert-OH is 2. The van der Waals surface area contributed by atoms with Crippen LogP contribution >= 0.6 is 23.2 Å². The minimum Gasteiger partial charge on any atom is -0.662 e. The van der Waals surface area contributed by atoms with Crippen LogP contribution in [0.3, 0.4) is 0 Å². The monoisotopic (exact) mass is 437 g/mol. The fourth-order valence-electron chi connectivity index (χ4n) is 2.29. The summed E-state index contributed by atoms with van der Waals surface area (Å²) < 4.78 is 5.27. The van der Waals surface area contributed by atoms with Gasteiger partial charge in [-0.1, -0.05) is 36.0 Å². The quantitative estimate of drug-likeness (QED) is 0.744. The average Bonchev–Trinajstić information content (AvgIpc) is 2.49. The first-order valence-corrected chi connectivity index (χ1v) is 8.14. The summed E-state index contributed by atoms with van der Waals surface area (Å²) in [7, 11) is 1.56. The molecule has 1 fully saturated rings. The number of halogens is 2. The molecule has 0 aliphatic carbocycles. The normalized spacial score (nSPS) is 16.2. The fourth-order valence-corrected chi connectivity index (χ4v) is 2.62. The first kappa shape index (κ1) is 23.6. The van der Waals surface area contributed by atoms with Gasteiger partial charge in [0.1, 0.15) is 5.75 Å². The van der Waals surface area contributed by atoms with Gasteiger partial charge in [-0.15, -0.1) is 13.1 Å². The summed E-state index contributed by atoms with van der Waals surface area (Å²) in [5.74, 6) is 0.785. The molecular formula is C16H24Cl2NO3Y-. The first-order valence-electron chi connectivity index (χ1n) is 7.39. The third-order valence-corrected chi connectivity index (χ3v) is 4.08. The molecule has 1 aromatic rings. The Labute approximate surface area is 173 Å². The van der Waals surface area contributed by atoms with Gasteiger partial charge in [-0.25, -0.2) is 0 Å². The van der Waals surface area contributed by atoms with Gasteiger partial charge in [0.15, 0.2) is 0 Å². The van der Waals surface area contributed by atoms with Gasteiger partial charge in [0, 0.05) is 50.4 Å². The van der Waals surface area contributed by atoms with Crippen molar-refractivity contribution in [1.82, 2.24) is 0 Å². The van der Waals surface area contributed by atoms with Crippen molar-refractivity contribution in [3.05, 3.63) is 33.1 Å². The molecule has 2 N–H and O–H groups in total. The second-order valence-electron chi connectivity index (χ2n) is 5.56. The van der Waals surface area contributed by atoms with Crippen molar-refractivity contribution in [2.75, 3.05) is 20.2 Å². The molecule has 0 saturated carbocycles. The molecule has 1 heterocycles. The second kappa shape index (κ2) is 12.0. The average molecular weight is 438 g/mol. The van der Waals surface area contributed by atoms with Crippen molar-refractivity contribution in [2.45, 2.75) is 38.9 Å². The van der Waals surface area contributed by atoms with Crippen molar-refractivity contribution < 1.29 is 47.7 Å². The van der Waals surface area contributed by atoms with Gasteiger partial charge in [-0.2, -0.15) is 0 Å². The molecular weight excluding hydrogens is 414 g/mol. The zero-order valence-corrected chi connectivity index (χ0v) is 18.1. The Balaban J connectivity index is 0.000000871. The molecule has 2 rings (SSSR count). The SMILES string of the molecule is CC(C)O.COc1cc(Cl)c(Cl)cc1C(O)C1CC[N-]CC1.[Y]. The Morgan fingerprint density at radius 3 is 2.09 bits per heavy atom. The van der Waals surface area contributed by atoms with E-state index >= 15 is 0 Å². The van der Waals surface area contributed by atoms with E-state index in [0.29, 0.717) is 21.4 Å². The van der Waals surface area contributed by atoms with E-state index in [-0.39, 0.29) is 44.7 Å². The van der Waals surface area contributed by atoms with Crippen LogP contribution in [0.2, 0.25) is 10.0 Å². The first-order chi connectivity index (χ1) is 10.4. The summed E-state index contributed by atoms with van der Waals surface area (Å²) in [6.45, 7) is 5.07. The molecule has 1 aliphatic heterocycles. The Bertz CT molecular complexity index is 466. The number of methoxy groups -OCH3 is 1. The second-order valence-corrected chi connectivity index (χ2v) is 6.37. The van der Waals surface area contributed by atoms with Gasteiger partial charge >= 0.3 is 0 Å². The van der Waals surface area contributed by atoms with Crippen LogP contribution in [0.1, 0.15) is 38.4 Å². The van der Waals surface area contributed by atoms with Crippen LogP contribution in [0.15, 0.2) is 12.1 Å². The third-order valence-electron chi connectivity index (χ3n) is 3.35. The Hall–Kier alpha value is 0.584. The summed E-state index contributed by atoms with van der Waals surface area (Å²) >= 11 is 12.0. The molecule has 0 aromatic heterocycles. The minimum absolute atomic E-state index is 0. The molecule has 1 atom stereocenters. The minimum atomic E-state index is -0.579. The molecule has 129 valence electrons. The predicted molar refractivity (Wildman–Crippen MR) is 91.1 cm³/mol. The van der Waals surface area contributed by atoms with E-state index in [1.54, 1.807) is 33.1 Å². The number of aliphatic hydroxyl groups is 2. The van der Waals surface area contributed by atoms with Crippen LogP contribution in [-0.2, 0) is 32.7 Å². The van der Waals surface area contributed by atoms with Crippen LogP contribution in [0.25, 0.3) is 5.32 Å². The van der Waals surface area contributed by atoms with E-state index in [9.17, 15) is 5.11 Å². The van der Waals surface area contributed by atoms with Gasteiger partial charge in [-0.05, 0) is 25.8 Å². The van der Waals surface area contributed by atoms with Crippen LogP contribution in [-0.4, -0.2) is 36.5 Å². The van der Waals surface area contributed by atoms with Crippen molar-refractivity contribution in [2.24, 2.45) is 5.92 Å². The summed E-state index contributed by atoms with van der Waals surface area (Å²) in [4.78, 5) is 0. The molecule has 1 unspecified atom stereocenters. The van der Waals surface area contributed by atoms with Crippen LogP contribution in [0.4, 0.5) is 0 Å². The molecule has 1 aliphatic rings. The Morgan fingerprint density at radius 1 is 1.13 bits per heavy atom. The maximum atomic E-state index is 10.4. The standard InChI is InChI=1S/C13H16Cl2NO2.C3H8O.Y/c1-18-12-7-11(15)10(14)6-9(12)13(17)8-2-4-16-5-3-8;1-3(2)4;/h6-8,13,17H,2-5H2,1H3;3-4H,1-2H3;/q-1;;. The van der Waals surface area contributed by atoms with E-state index in [1.165, 1.54) is 0 Å². The summed E-state index contributed by atoms with van der Waals surface area (Å²) in [5.41, 5.74) is 0.707. The Morgan fingerprint density at radius 2 is 1.61 bits per heavy atom. The van der Waals surface area contributed by atoms with Gasteiger partial charge in [0.2, 0.25) is 0 Å². The van der Waals surface area contributed by atoms with Crippen molar-refractivity contribution in [3.8, 4) is 5.75 Å². The summed E-state index contributed by atoms with van der Waals surface area (Å²) in [6, 6.07) is 3.34. The van der Waals surface area contributed by atoms with E-state index in [2.05, 4.69) is 5.32 Å². The number of benzene rings is 1. The third kappa shape index (κ3) is 8.00. The van der Waals surface area contributed by atoms with Crippen molar-refractivity contribution >= 4 is 23.2 Å². The topological polar surface area (TPSA) is 63.8 Å². The summed E-state index contributed by atoms with van der Waals surface area (Å²) in [5, 5.41) is 23.7. The van der Waals surface area contributed by atoms with E-state index in [0.717, 1.165) is 25.9 Å². The zero-order valence-electron chi connectivity index (χ0n) is 13.8. The fraction of sp³-hybridized carbons (Fsp3) is 0.625. The number of ether oxygens (including phenoxy) is 1. The molecule has 0 bridgehead atoms. The zero-order chi connectivity index (χ0) is 16.7. The molecule has 23 heavy (non-hydrogen) atoms. The molecule has 1 saturated heterocycles. The molecule has 7 heteroatoms. The van der Waals surface area contributed by atoms with Gasteiger partial charge in [0.05, 0.1) is 23.3 Å². The number of hydrogen-bond acceptors (Lipinski definition) is 3. The van der Waals surface area contributed by atoms with Crippen LogP contribution < -0.4 is 4.74 Å². The molecule has 1 radical (unpaired) electrons. The number of hydrogen-bond donors (Lipinski definition) is 2. The Kier molecular flexibility index (Phi) is 12.3. The van der Waals surface area contributed by atoms with Crippen molar-refractivity contribution in [1.29, 1.82) is 0 Å². The number of rotatable bonds is 3. The van der Waals surface area contributed by atoms with Gasteiger partial charge < -0.3 is 20.3 Å². The van der Waals surface area contributed by atoms with Crippen LogP contribution in [0, 0.1) is 5.92 Å². The largest absolute Gasteiger partial charge is 0.662 e. The van der Waals surface area contributed by atoms with Crippen molar-refractivity contribution in [3.63, 3.8) is 0 Å². The number of nitrogens with zero attached hydrogens (tertiary/aromatic N) is 1. The molecule has 0 amide bonds. The van der Waals surface area contributed by atoms with Gasteiger partial charge in [0.25, 0.3) is 0 Å². The maximum Gasteiger partial charge on any atom is 0.126 e. The van der Waals surface area contributed by atoms with Crippen LogP contribution in [0.5, 0.6) is 5.75 Å². The van der Waals surface area contributed by atoms with E-state index in [4.69, 9.17) is 33.0 Å². The number of piperidine rings is 1. The molecule has 4 nitrogen and oxygen atoms in total. The maximum absolute atomic E-state index is 10.4. The van der Waals surface area contributed by atoms with E-state index in [1.807, 2.05) is 0 Å². The molecule has 0 spiro atoms. The predicted octanol–water partition coefficient (Wildman–Crippen LogP) is 4.20. The van der Waals surface area contributed by atoms with Gasteiger partial charge in [-0.3, -0.25) is 0 Å². The van der Waals surface area contributed by atoms with E-state index < -0.39 is 6.10 Å². The molecule has 1 aromatic carbocycles. The summed E-state index contributed by atoms with van der Waals surface area (Å²) in [6.07, 6.45) is 1.04.